The van der Waals surface area contributed by atoms with Crippen molar-refractivity contribution in [1.29, 1.82) is 0 Å². The number of guanidine groups is 1. The Morgan fingerprint density at radius 2 is 2.36 bits per heavy atom. The van der Waals surface area contributed by atoms with Gasteiger partial charge in [0.05, 0.1) is 12.8 Å². The van der Waals surface area contributed by atoms with Gasteiger partial charge in [-0.25, -0.2) is 9.98 Å². The molecule has 5 heteroatoms. The van der Waals surface area contributed by atoms with Gasteiger partial charge in [-0.1, -0.05) is 0 Å². The van der Waals surface area contributed by atoms with Crippen LogP contribution in [0.15, 0.2) is 33.5 Å². The van der Waals surface area contributed by atoms with Crippen LogP contribution in [0.2, 0.25) is 0 Å². The standard InChI is InChI=1S/C9H7N5/c1-2-7-6-12-13-9-11-4-5-14(9)8(7)10-3-1/h1-4,6H,5H2. The fourth-order valence-corrected chi connectivity index (χ4v) is 1.49. The Balaban J connectivity index is 2.20. The molecule has 0 fully saturated rings. The SMILES string of the molecule is C1=NN=C2N=CCN2c2ncccc21. The highest BCUT2D eigenvalue weighted by Gasteiger charge is 2.21. The van der Waals surface area contributed by atoms with Gasteiger partial charge in [0.25, 0.3) is 5.96 Å². The van der Waals surface area contributed by atoms with Crippen LogP contribution in [-0.4, -0.2) is 29.9 Å². The molecule has 0 amide bonds. The topological polar surface area (TPSA) is 53.2 Å². The van der Waals surface area contributed by atoms with Gasteiger partial charge in [-0.2, -0.15) is 5.10 Å². The van der Waals surface area contributed by atoms with E-state index in [-0.39, 0.29) is 0 Å². The summed E-state index contributed by atoms with van der Waals surface area (Å²) < 4.78 is 0. The minimum Gasteiger partial charge on any atom is -0.288 e. The number of hydrogen-bond donors (Lipinski definition) is 0. The minimum atomic E-state index is 0.610. The van der Waals surface area contributed by atoms with Crippen molar-refractivity contribution in [2.24, 2.45) is 15.2 Å². The molecule has 2 aliphatic heterocycles. The minimum absolute atomic E-state index is 0.610. The van der Waals surface area contributed by atoms with E-state index in [9.17, 15) is 0 Å². The maximum Gasteiger partial charge on any atom is 0.251 e. The van der Waals surface area contributed by atoms with Crippen molar-refractivity contribution >= 4 is 24.2 Å². The van der Waals surface area contributed by atoms with Gasteiger partial charge >= 0.3 is 0 Å². The number of rotatable bonds is 0. The molecule has 68 valence electrons. The van der Waals surface area contributed by atoms with Crippen molar-refractivity contribution in [3.63, 3.8) is 0 Å². The largest absolute Gasteiger partial charge is 0.288 e. The molecule has 0 saturated carbocycles. The molecule has 0 spiro atoms. The summed E-state index contributed by atoms with van der Waals surface area (Å²) in [5.74, 6) is 1.48. The predicted molar refractivity (Wildman–Crippen MR) is 55.1 cm³/mol. The van der Waals surface area contributed by atoms with Crippen LogP contribution < -0.4 is 4.90 Å². The first-order valence-corrected chi connectivity index (χ1v) is 4.31. The van der Waals surface area contributed by atoms with Crippen LogP contribution in [0.1, 0.15) is 5.56 Å². The van der Waals surface area contributed by atoms with E-state index in [1.807, 2.05) is 17.0 Å². The Bertz CT molecular complexity index is 460. The zero-order chi connectivity index (χ0) is 9.38. The van der Waals surface area contributed by atoms with E-state index in [0.29, 0.717) is 12.5 Å². The average molecular weight is 185 g/mol. The average Bonchev–Trinajstić information content (AvgIpc) is 2.61. The molecular weight excluding hydrogens is 178 g/mol. The Hall–Kier alpha value is -2.04. The molecule has 3 rings (SSSR count). The summed E-state index contributed by atoms with van der Waals surface area (Å²) >= 11 is 0. The first-order chi connectivity index (χ1) is 6.95. The molecule has 0 bridgehead atoms. The Morgan fingerprint density at radius 1 is 1.36 bits per heavy atom. The summed E-state index contributed by atoms with van der Waals surface area (Å²) in [5, 5.41) is 7.90. The normalized spacial score (nSPS) is 17.4. The lowest BCUT2D eigenvalue weighted by atomic mass is 10.2. The summed E-state index contributed by atoms with van der Waals surface area (Å²) in [6.45, 7) is 0.714. The van der Waals surface area contributed by atoms with Crippen LogP contribution in [0.5, 0.6) is 0 Å². The van der Waals surface area contributed by atoms with Crippen LogP contribution in [0, 0.1) is 0 Å². The lowest BCUT2D eigenvalue weighted by Gasteiger charge is -2.15. The molecule has 0 aliphatic carbocycles. The van der Waals surface area contributed by atoms with Crippen LogP contribution in [0.3, 0.4) is 0 Å². The molecule has 3 heterocycles. The maximum absolute atomic E-state index is 4.30. The zero-order valence-corrected chi connectivity index (χ0v) is 7.33. The smallest absolute Gasteiger partial charge is 0.251 e. The second-order valence-electron chi connectivity index (χ2n) is 2.98. The van der Waals surface area contributed by atoms with Crippen LogP contribution in [-0.2, 0) is 0 Å². The molecule has 0 aromatic carbocycles. The van der Waals surface area contributed by atoms with Gasteiger partial charge in [0.1, 0.15) is 5.82 Å². The maximum atomic E-state index is 4.30. The van der Waals surface area contributed by atoms with Gasteiger partial charge < -0.3 is 0 Å². The van der Waals surface area contributed by atoms with Crippen molar-refractivity contribution in [3.8, 4) is 0 Å². The summed E-state index contributed by atoms with van der Waals surface area (Å²) in [6, 6.07) is 3.84. The van der Waals surface area contributed by atoms with Crippen LogP contribution in [0.25, 0.3) is 0 Å². The van der Waals surface area contributed by atoms with E-state index in [1.165, 1.54) is 0 Å². The van der Waals surface area contributed by atoms with Gasteiger partial charge in [-0.3, -0.25) is 4.90 Å². The molecule has 0 unspecified atom stereocenters. The number of aromatic nitrogens is 1. The number of aliphatic imine (C=N–C) groups is 1. The van der Waals surface area contributed by atoms with Crippen LogP contribution in [0.4, 0.5) is 5.82 Å². The van der Waals surface area contributed by atoms with E-state index in [0.717, 1.165) is 11.4 Å². The van der Waals surface area contributed by atoms with E-state index in [4.69, 9.17) is 0 Å². The van der Waals surface area contributed by atoms with E-state index in [2.05, 4.69) is 20.2 Å². The second kappa shape index (κ2) is 2.73. The third-order valence-electron chi connectivity index (χ3n) is 2.13. The van der Waals surface area contributed by atoms with Crippen LogP contribution >= 0.6 is 0 Å². The fourth-order valence-electron chi connectivity index (χ4n) is 1.49. The zero-order valence-electron chi connectivity index (χ0n) is 7.33. The molecule has 1 aromatic rings. The van der Waals surface area contributed by atoms with Crippen molar-refractivity contribution in [2.75, 3.05) is 11.4 Å². The molecule has 0 N–H and O–H groups in total. The Kier molecular flexibility index (Phi) is 1.44. The summed E-state index contributed by atoms with van der Waals surface area (Å²) in [4.78, 5) is 10.3. The predicted octanol–water partition coefficient (Wildman–Crippen LogP) is 0.676. The first kappa shape index (κ1) is 7.37. The number of fused-ring (bicyclic) bond motifs is 3. The summed E-state index contributed by atoms with van der Waals surface area (Å²) in [5.41, 5.74) is 0.969. The van der Waals surface area contributed by atoms with E-state index < -0.39 is 0 Å². The van der Waals surface area contributed by atoms with Crippen molar-refractivity contribution in [2.45, 2.75) is 0 Å². The highest BCUT2D eigenvalue weighted by molar-refractivity contribution is 6.10. The number of nitrogens with zero attached hydrogens (tertiary/aromatic N) is 5. The Morgan fingerprint density at radius 3 is 3.36 bits per heavy atom. The van der Waals surface area contributed by atoms with Gasteiger partial charge in [-0.05, 0) is 12.1 Å². The van der Waals surface area contributed by atoms with Gasteiger partial charge in [0.15, 0.2) is 0 Å². The number of hydrogen-bond acceptors (Lipinski definition) is 5. The highest BCUT2D eigenvalue weighted by atomic mass is 15.4. The molecule has 0 radical (unpaired) electrons. The summed E-state index contributed by atoms with van der Waals surface area (Å²) in [7, 11) is 0. The molecule has 1 aromatic heterocycles. The molecule has 5 nitrogen and oxygen atoms in total. The number of anilines is 1. The molecule has 0 atom stereocenters. The van der Waals surface area contributed by atoms with Gasteiger partial charge in [0.2, 0.25) is 0 Å². The van der Waals surface area contributed by atoms with Gasteiger partial charge in [-0.15, -0.1) is 5.10 Å². The third-order valence-corrected chi connectivity index (χ3v) is 2.13. The van der Waals surface area contributed by atoms with Gasteiger partial charge in [0, 0.05) is 18.0 Å². The van der Waals surface area contributed by atoms with E-state index >= 15 is 0 Å². The molecule has 14 heavy (non-hydrogen) atoms. The second-order valence-corrected chi connectivity index (χ2v) is 2.98. The Labute approximate surface area is 80.5 Å². The first-order valence-electron chi connectivity index (χ1n) is 4.31. The molecule has 2 aliphatic rings. The lowest BCUT2D eigenvalue weighted by Crippen LogP contribution is -2.26. The highest BCUT2D eigenvalue weighted by Crippen LogP contribution is 2.20. The van der Waals surface area contributed by atoms with Crippen molar-refractivity contribution in [1.82, 2.24) is 4.98 Å². The third kappa shape index (κ3) is 0.953. The van der Waals surface area contributed by atoms with E-state index in [1.54, 1.807) is 18.6 Å². The molecular formula is C9H7N5. The van der Waals surface area contributed by atoms with Crippen molar-refractivity contribution < 1.29 is 0 Å². The number of pyridine rings is 1. The molecule has 0 saturated heterocycles. The quantitative estimate of drug-likeness (QED) is 0.596. The monoisotopic (exact) mass is 185 g/mol. The van der Waals surface area contributed by atoms with Crippen molar-refractivity contribution in [3.05, 3.63) is 23.9 Å². The summed E-state index contributed by atoms with van der Waals surface area (Å²) in [6.07, 6.45) is 5.26. The fraction of sp³-hybridized carbons (Fsp3) is 0.111. The lowest BCUT2D eigenvalue weighted by molar-refractivity contribution is 1.11.